The molecule has 2 aliphatic carbocycles. The van der Waals surface area contributed by atoms with Crippen molar-refractivity contribution in [2.24, 2.45) is 5.92 Å². The van der Waals surface area contributed by atoms with Gasteiger partial charge < -0.3 is 19.6 Å². The monoisotopic (exact) mass is 480 g/mol. The van der Waals surface area contributed by atoms with Gasteiger partial charge in [-0.05, 0) is 75.6 Å². The molecule has 0 unspecified atom stereocenters. The Morgan fingerprint density at radius 2 is 1.79 bits per heavy atom. The van der Waals surface area contributed by atoms with Crippen molar-refractivity contribution in [2.75, 3.05) is 0 Å². The van der Waals surface area contributed by atoms with Gasteiger partial charge in [-0.1, -0.05) is 11.6 Å². The third kappa shape index (κ3) is 4.66. The Morgan fingerprint density at radius 3 is 2.50 bits per heavy atom. The van der Waals surface area contributed by atoms with Crippen LogP contribution in [0.3, 0.4) is 0 Å². The first kappa shape index (κ1) is 22.5. The van der Waals surface area contributed by atoms with Crippen LogP contribution in [0.15, 0.2) is 24.3 Å². The highest BCUT2D eigenvalue weighted by Crippen LogP contribution is 2.34. The fraction of sp³-hybridized carbons (Fsp3) is 0.440. The van der Waals surface area contributed by atoms with Gasteiger partial charge in [0.2, 0.25) is 0 Å². The first-order chi connectivity index (χ1) is 16.5. The van der Waals surface area contributed by atoms with Gasteiger partial charge in [0.05, 0.1) is 33.8 Å². The number of ether oxygens (including phenoxy) is 2. The van der Waals surface area contributed by atoms with Crippen molar-refractivity contribution in [3.63, 3.8) is 0 Å². The number of fused-ring (bicyclic) bond motifs is 1. The molecule has 34 heavy (non-hydrogen) atoms. The van der Waals surface area contributed by atoms with Gasteiger partial charge in [-0.25, -0.2) is 4.98 Å². The molecule has 0 bridgehead atoms. The van der Waals surface area contributed by atoms with Crippen LogP contribution in [0.2, 0.25) is 5.02 Å². The minimum Gasteiger partial charge on any atom is -0.489 e. The third-order valence-corrected chi connectivity index (χ3v) is 6.96. The van der Waals surface area contributed by atoms with Crippen molar-refractivity contribution in [2.45, 2.75) is 63.6 Å². The van der Waals surface area contributed by atoms with Crippen LogP contribution >= 0.6 is 11.6 Å². The SMILES string of the molecule is N#Cc1cc(-c2nc3nc(OC4CCC(C(=O)O)CC4)[nH]c3cc2Cl)ccc1OC1CCCC1. The molecule has 0 saturated heterocycles. The number of carboxylic acids is 1. The number of aromatic nitrogens is 3. The summed E-state index contributed by atoms with van der Waals surface area (Å²) in [6.07, 6.45) is 6.94. The average molecular weight is 481 g/mol. The van der Waals surface area contributed by atoms with E-state index in [4.69, 9.17) is 26.2 Å². The number of carboxylic acid groups (broad SMARTS) is 1. The van der Waals surface area contributed by atoms with Crippen LogP contribution in [0.4, 0.5) is 0 Å². The summed E-state index contributed by atoms with van der Waals surface area (Å²) in [6, 6.07) is 9.72. The number of hydrogen-bond acceptors (Lipinski definition) is 6. The van der Waals surface area contributed by atoms with E-state index < -0.39 is 5.97 Å². The molecule has 2 N–H and O–H groups in total. The third-order valence-electron chi connectivity index (χ3n) is 6.68. The maximum atomic E-state index is 11.1. The van der Waals surface area contributed by atoms with Gasteiger partial charge in [-0.15, -0.1) is 0 Å². The Kier molecular flexibility index (Phi) is 6.29. The molecule has 2 fully saturated rings. The Hall–Kier alpha value is -3.31. The molecule has 3 aromatic rings. The normalized spacial score (nSPS) is 20.8. The summed E-state index contributed by atoms with van der Waals surface area (Å²) in [4.78, 5) is 23.3. The Morgan fingerprint density at radius 1 is 1.06 bits per heavy atom. The van der Waals surface area contributed by atoms with Crippen LogP contribution in [0, 0.1) is 17.2 Å². The number of aromatic amines is 1. The molecule has 9 heteroatoms. The predicted octanol–water partition coefficient (Wildman–Crippen LogP) is 5.49. The molecule has 0 aliphatic heterocycles. The second-order valence-electron chi connectivity index (χ2n) is 9.01. The largest absolute Gasteiger partial charge is 0.489 e. The number of aliphatic carboxylic acids is 1. The lowest BCUT2D eigenvalue weighted by Gasteiger charge is -2.25. The van der Waals surface area contributed by atoms with Crippen molar-refractivity contribution in [3.8, 4) is 29.1 Å². The maximum absolute atomic E-state index is 11.1. The van der Waals surface area contributed by atoms with Crippen molar-refractivity contribution in [1.82, 2.24) is 15.0 Å². The molecule has 2 saturated carbocycles. The highest BCUT2D eigenvalue weighted by molar-refractivity contribution is 6.33. The first-order valence-corrected chi connectivity index (χ1v) is 12.0. The topological polar surface area (TPSA) is 121 Å². The van der Waals surface area contributed by atoms with Crippen LogP contribution in [0.25, 0.3) is 22.4 Å². The summed E-state index contributed by atoms with van der Waals surface area (Å²) in [5, 5.41) is 19.3. The lowest BCUT2D eigenvalue weighted by atomic mass is 9.87. The molecule has 0 radical (unpaired) electrons. The number of imidazole rings is 1. The fourth-order valence-electron chi connectivity index (χ4n) is 4.79. The van der Waals surface area contributed by atoms with E-state index in [1.54, 1.807) is 18.2 Å². The zero-order valence-electron chi connectivity index (χ0n) is 18.6. The molecular formula is C25H25ClN4O4. The maximum Gasteiger partial charge on any atom is 0.306 e. The molecule has 2 heterocycles. The predicted molar refractivity (Wildman–Crippen MR) is 126 cm³/mol. The van der Waals surface area contributed by atoms with Gasteiger partial charge in [0.25, 0.3) is 6.01 Å². The van der Waals surface area contributed by atoms with E-state index in [1.807, 2.05) is 6.07 Å². The highest BCUT2D eigenvalue weighted by atomic mass is 35.5. The van der Waals surface area contributed by atoms with Gasteiger partial charge >= 0.3 is 5.97 Å². The quantitative estimate of drug-likeness (QED) is 0.478. The van der Waals surface area contributed by atoms with Crippen LogP contribution in [0.5, 0.6) is 11.8 Å². The van der Waals surface area contributed by atoms with E-state index >= 15 is 0 Å². The number of hydrogen-bond donors (Lipinski definition) is 2. The van der Waals surface area contributed by atoms with Crippen LogP contribution in [0.1, 0.15) is 56.9 Å². The van der Waals surface area contributed by atoms with Crippen LogP contribution in [-0.4, -0.2) is 38.2 Å². The van der Waals surface area contributed by atoms with Crippen molar-refractivity contribution in [3.05, 3.63) is 34.9 Å². The van der Waals surface area contributed by atoms with Gasteiger partial charge in [0, 0.05) is 5.56 Å². The molecule has 2 aliphatic rings. The molecule has 0 amide bonds. The molecule has 0 atom stereocenters. The number of halogens is 1. The number of carbonyl (C=O) groups is 1. The lowest BCUT2D eigenvalue weighted by Crippen LogP contribution is -2.28. The summed E-state index contributed by atoms with van der Waals surface area (Å²) in [7, 11) is 0. The van der Waals surface area contributed by atoms with Crippen molar-refractivity contribution in [1.29, 1.82) is 5.26 Å². The Labute approximate surface area is 201 Å². The number of H-pyrrole nitrogens is 1. The zero-order chi connectivity index (χ0) is 23.7. The summed E-state index contributed by atoms with van der Waals surface area (Å²) in [5.74, 6) is -0.457. The molecule has 5 rings (SSSR count). The first-order valence-electron chi connectivity index (χ1n) is 11.7. The van der Waals surface area contributed by atoms with Crippen molar-refractivity contribution < 1.29 is 19.4 Å². The standard InChI is InChI=1S/C25H25ClN4O4/c26-19-12-20-23(30-25(28-20)34-18-8-5-14(6-9-18)24(31)32)29-22(19)15-7-10-21(16(11-15)13-27)33-17-3-1-2-4-17/h7,10-12,14,17-18H,1-6,8-9H2,(H,31,32)(H,28,29,30). The Bertz CT molecular complexity index is 1250. The number of benzene rings is 1. The van der Waals surface area contributed by atoms with Gasteiger partial charge in [-0.3, -0.25) is 4.79 Å². The van der Waals surface area contributed by atoms with Gasteiger partial charge in [0.15, 0.2) is 5.65 Å². The number of nitrogens with zero attached hydrogens (tertiary/aromatic N) is 3. The molecule has 2 aromatic heterocycles. The highest BCUT2D eigenvalue weighted by Gasteiger charge is 2.27. The van der Waals surface area contributed by atoms with Crippen molar-refractivity contribution >= 4 is 28.7 Å². The van der Waals surface area contributed by atoms with E-state index in [-0.39, 0.29) is 18.1 Å². The summed E-state index contributed by atoms with van der Waals surface area (Å²) in [5.41, 5.74) is 2.78. The summed E-state index contributed by atoms with van der Waals surface area (Å²) >= 11 is 6.54. The zero-order valence-corrected chi connectivity index (χ0v) is 19.3. The van der Waals surface area contributed by atoms with Gasteiger partial charge in [-0.2, -0.15) is 10.2 Å². The smallest absolute Gasteiger partial charge is 0.306 e. The van der Waals surface area contributed by atoms with Crippen LogP contribution in [-0.2, 0) is 4.79 Å². The average Bonchev–Trinajstić information content (AvgIpc) is 3.48. The number of nitriles is 1. The van der Waals surface area contributed by atoms with Gasteiger partial charge in [0.1, 0.15) is 17.9 Å². The van der Waals surface area contributed by atoms with E-state index in [9.17, 15) is 10.1 Å². The molecule has 8 nitrogen and oxygen atoms in total. The van der Waals surface area contributed by atoms with E-state index in [0.29, 0.717) is 70.5 Å². The van der Waals surface area contributed by atoms with Crippen LogP contribution < -0.4 is 9.47 Å². The lowest BCUT2D eigenvalue weighted by molar-refractivity contribution is -0.143. The van der Waals surface area contributed by atoms with E-state index in [0.717, 1.165) is 25.7 Å². The fourth-order valence-corrected chi connectivity index (χ4v) is 5.05. The molecule has 1 aromatic carbocycles. The summed E-state index contributed by atoms with van der Waals surface area (Å²) in [6.45, 7) is 0. The molecule has 0 spiro atoms. The number of nitrogens with one attached hydrogen (secondary N) is 1. The number of rotatable bonds is 6. The minimum atomic E-state index is -0.744. The second-order valence-corrected chi connectivity index (χ2v) is 9.42. The van der Waals surface area contributed by atoms with E-state index in [1.165, 1.54) is 0 Å². The Balaban J connectivity index is 1.35. The molecular weight excluding hydrogens is 456 g/mol. The summed E-state index contributed by atoms with van der Waals surface area (Å²) < 4.78 is 12.0. The molecule has 176 valence electrons. The van der Waals surface area contributed by atoms with E-state index in [2.05, 4.69) is 21.0 Å². The second kappa shape index (κ2) is 9.51. The minimum absolute atomic E-state index is 0.0864. The number of pyridine rings is 1.